The number of nitriles is 1. The minimum atomic E-state index is -0.716. The van der Waals surface area contributed by atoms with Crippen molar-refractivity contribution >= 4 is 5.82 Å². The fourth-order valence-corrected chi connectivity index (χ4v) is 2.68. The highest BCUT2D eigenvalue weighted by atomic mass is 19.1. The molecule has 3 aromatic rings. The Hall–Kier alpha value is -3.27. The van der Waals surface area contributed by atoms with Crippen LogP contribution in [0.15, 0.2) is 24.3 Å². The molecular weight excluding hydrogens is 312 g/mol. The topological polar surface area (TPSA) is 91.4 Å². The third-order valence-electron chi connectivity index (χ3n) is 3.72. The summed E-state index contributed by atoms with van der Waals surface area (Å²) in [5.74, 6) is -1.44. The summed E-state index contributed by atoms with van der Waals surface area (Å²) in [5, 5.41) is 16.4. The first kappa shape index (κ1) is 15.6. The molecule has 0 atom stereocenters. The monoisotopic (exact) mass is 325 g/mol. The van der Waals surface area contributed by atoms with Gasteiger partial charge < -0.3 is 5.73 Å². The second kappa shape index (κ2) is 5.74. The number of halogens is 2. The molecule has 0 aliphatic carbocycles. The Morgan fingerprint density at radius 1 is 1.12 bits per heavy atom. The summed E-state index contributed by atoms with van der Waals surface area (Å²) in [6.07, 6.45) is 0. The molecule has 0 fully saturated rings. The van der Waals surface area contributed by atoms with E-state index in [4.69, 9.17) is 5.73 Å². The first-order chi connectivity index (χ1) is 11.4. The largest absolute Gasteiger partial charge is 0.383 e. The van der Waals surface area contributed by atoms with Crippen LogP contribution < -0.4 is 5.73 Å². The van der Waals surface area contributed by atoms with Crippen molar-refractivity contribution in [2.45, 2.75) is 13.8 Å². The predicted octanol–water partition coefficient (Wildman–Crippen LogP) is 3.49. The highest BCUT2D eigenvalue weighted by Gasteiger charge is 2.18. The average molecular weight is 325 g/mol. The number of benzene rings is 1. The molecule has 0 saturated heterocycles. The van der Waals surface area contributed by atoms with Gasteiger partial charge in [-0.2, -0.15) is 10.4 Å². The molecular formula is C17H13F2N5. The van der Waals surface area contributed by atoms with Crippen molar-refractivity contribution in [3.63, 3.8) is 0 Å². The van der Waals surface area contributed by atoms with Gasteiger partial charge >= 0.3 is 0 Å². The molecule has 120 valence electrons. The van der Waals surface area contributed by atoms with Crippen LogP contribution in [0.25, 0.3) is 22.4 Å². The Morgan fingerprint density at radius 2 is 1.79 bits per heavy atom. The van der Waals surface area contributed by atoms with E-state index in [1.165, 1.54) is 0 Å². The SMILES string of the molecule is Cc1n[nH]c(C)c1-c1cc(-c2cc(F)cc(F)c2)nc(N)c1C#N. The number of hydrogen-bond acceptors (Lipinski definition) is 4. The van der Waals surface area contributed by atoms with Crippen LogP contribution >= 0.6 is 0 Å². The van der Waals surface area contributed by atoms with Crippen LogP contribution in [0.2, 0.25) is 0 Å². The van der Waals surface area contributed by atoms with Crippen molar-refractivity contribution in [2.75, 3.05) is 5.73 Å². The maximum absolute atomic E-state index is 13.5. The van der Waals surface area contributed by atoms with Gasteiger partial charge in [0.1, 0.15) is 29.1 Å². The summed E-state index contributed by atoms with van der Waals surface area (Å²) in [6, 6.07) is 6.73. The van der Waals surface area contributed by atoms with Gasteiger partial charge in [0.2, 0.25) is 0 Å². The van der Waals surface area contributed by atoms with E-state index in [0.717, 1.165) is 29.5 Å². The number of anilines is 1. The lowest BCUT2D eigenvalue weighted by Gasteiger charge is -2.10. The number of nitrogens with one attached hydrogen (secondary N) is 1. The molecule has 0 saturated carbocycles. The van der Waals surface area contributed by atoms with E-state index in [2.05, 4.69) is 15.2 Å². The minimum Gasteiger partial charge on any atom is -0.383 e. The number of aryl methyl sites for hydroxylation is 2. The number of aromatic amines is 1. The van der Waals surface area contributed by atoms with Gasteiger partial charge in [0.15, 0.2) is 0 Å². The summed E-state index contributed by atoms with van der Waals surface area (Å²) in [4.78, 5) is 4.12. The highest BCUT2D eigenvalue weighted by Crippen LogP contribution is 2.34. The Balaban J connectivity index is 2.30. The zero-order valence-electron chi connectivity index (χ0n) is 13.0. The third kappa shape index (κ3) is 2.58. The van der Waals surface area contributed by atoms with Crippen molar-refractivity contribution in [1.29, 1.82) is 5.26 Å². The first-order valence-electron chi connectivity index (χ1n) is 7.09. The molecule has 1 aromatic carbocycles. The van der Waals surface area contributed by atoms with Crippen LogP contribution in [0, 0.1) is 36.8 Å². The van der Waals surface area contributed by atoms with E-state index in [1.54, 1.807) is 13.0 Å². The van der Waals surface area contributed by atoms with E-state index in [0.29, 0.717) is 11.3 Å². The van der Waals surface area contributed by atoms with Gasteiger partial charge in [-0.05, 0) is 32.0 Å². The van der Waals surface area contributed by atoms with Gasteiger partial charge in [0.25, 0.3) is 0 Å². The van der Waals surface area contributed by atoms with E-state index in [-0.39, 0.29) is 22.6 Å². The van der Waals surface area contributed by atoms with Gasteiger partial charge in [-0.3, -0.25) is 5.10 Å². The first-order valence-corrected chi connectivity index (χ1v) is 7.09. The number of H-pyrrole nitrogens is 1. The number of pyridine rings is 1. The van der Waals surface area contributed by atoms with Crippen molar-refractivity contribution in [3.05, 3.63) is 52.9 Å². The Kier molecular flexibility index (Phi) is 3.73. The van der Waals surface area contributed by atoms with Crippen LogP contribution in [0.5, 0.6) is 0 Å². The molecule has 3 rings (SSSR count). The molecule has 0 bridgehead atoms. The lowest BCUT2D eigenvalue weighted by Crippen LogP contribution is -2.01. The van der Waals surface area contributed by atoms with Gasteiger partial charge in [0, 0.05) is 28.5 Å². The standard InChI is InChI=1S/C17H13F2N5/c1-8-16(9(2)24-23-8)13-6-15(22-17(21)14(13)7-20)10-3-11(18)5-12(19)4-10/h3-6H,1-2H3,(H2,21,22)(H,23,24). The molecule has 2 heterocycles. The molecule has 5 nitrogen and oxygen atoms in total. The molecule has 3 N–H and O–H groups in total. The quantitative estimate of drug-likeness (QED) is 0.754. The third-order valence-corrected chi connectivity index (χ3v) is 3.72. The molecule has 2 aromatic heterocycles. The summed E-state index contributed by atoms with van der Waals surface area (Å²) in [7, 11) is 0. The summed E-state index contributed by atoms with van der Waals surface area (Å²) in [5.41, 5.74) is 9.30. The maximum atomic E-state index is 13.5. The van der Waals surface area contributed by atoms with Crippen molar-refractivity contribution < 1.29 is 8.78 Å². The number of rotatable bonds is 2. The Labute approximate surface area is 136 Å². The Bertz CT molecular complexity index is 946. The fourth-order valence-electron chi connectivity index (χ4n) is 2.68. The van der Waals surface area contributed by atoms with Crippen LogP contribution in [-0.4, -0.2) is 15.2 Å². The summed E-state index contributed by atoms with van der Waals surface area (Å²) in [6.45, 7) is 3.60. The van der Waals surface area contributed by atoms with E-state index < -0.39 is 11.6 Å². The van der Waals surface area contributed by atoms with Crippen molar-refractivity contribution in [2.24, 2.45) is 0 Å². The molecule has 0 aliphatic rings. The highest BCUT2D eigenvalue weighted by molar-refractivity contribution is 5.82. The van der Waals surface area contributed by atoms with Gasteiger partial charge in [-0.25, -0.2) is 13.8 Å². The van der Waals surface area contributed by atoms with E-state index >= 15 is 0 Å². The van der Waals surface area contributed by atoms with Gasteiger partial charge in [-0.15, -0.1) is 0 Å². The second-order valence-electron chi connectivity index (χ2n) is 5.39. The fraction of sp³-hybridized carbons (Fsp3) is 0.118. The number of nitrogen functional groups attached to an aromatic ring is 1. The zero-order valence-corrected chi connectivity index (χ0v) is 13.0. The van der Waals surface area contributed by atoms with Crippen molar-refractivity contribution in [1.82, 2.24) is 15.2 Å². The molecule has 0 radical (unpaired) electrons. The molecule has 0 spiro atoms. The Morgan fingerprint density at radius 3 is 2.33 bits per heavy atom. The molecule has 24 heavy (non-hydrogen) atoms. The van der Waals surface area contributed by atoms with Gasteiger partial charge in [0.05, 0.1) is 11.4 Å². The number of aromatic nitrogens is 3. The van der Waals surface area contributed by atoms with Crippen molar-refractivity contribution in [3.8, 4) is 28.5 Å². The van der Waals surface area contributed by atoms with E-state index in [9.17, 15) is 14.0 Å². The number of nitrogens with two attached hydrogens (primary N) is 1. The van der Waals surface area contributed by atoms with E-state index in [1.807, 2.05) is 13.0 Å². The number of nitrogens with zero attached hydrogens (tertiary/aromatic N) is 3. The molecule has 0 amide bonds. The van der Waals surface area contributed by atoms with Crippen LogP contribution in [0.3, 0.4) is 0 Å². The molecule has 0 unspecified atom stereocenters. The normalized spacial score (nSPS) is 10.6. The summed E-state index contributed by atoms with van der Waals surface area (Å²) < 4.78 is 27.0. The smallest absolute Gasteiger partial charge is 0.142 e. The molecule has 0 aliphatic heterocycles. The second-order valence-corrected chi connectivity index (χ2v) is 5.39. The predicted molar refractivity (Wildman–Crippen MR) is 85.8 cm³/mol. The van der Waals surface area contributed by atoms with Gasteiger partial charge in [-0.1, -0.05) is 0 Å². The van der Waals surface area contributed by atoms with Crippen LogP contribution in [-0.2, 0) is 0 Å². The maximum Gasteiger partial charge on any atom is 0.142 e. The molecule has 7 heteroatoms. The lowest BCUT2D eigenvalue weighted by molar-refractivity contribution is 0.584. The number of hydrogen-bond donors (Lipinski definition) is 2. The van der Waals surface area contributed by atoms with Crippen LogP contribution in [0.1, 0.15) is 17.0 Å². The summed E-state index contributed by atoms with van der Waals surface area (Å²) >= 11 is 0. The lowest BCUT2D eigenvalue weighted by atomic mass is 9.97. The van der Waals surface area contributed by atoms with Crippen LogP contribution in [0.4, 0.5) is 14.6 Å². The zero-order chi connectivity index (χ0) is 17.4. The minimum absolute atomic E-state index is 0.00494. The average Bonchev–Trinajstić information content (AvgIpc) is 2.84.